The van der Waals surface area contributed by atoms with E-state index in [1.165, 1.54) is 0 Å². The summed E-state index contributed by atoms with van der Waals surface area (Å²) in [6.07, 6.45) is 3.51. The number of aromatic nitrogens is 3. The first-order valence-electron chi connectivity index (χ1n) is 5.60. The molecule has 0 unspecified atom stereocenters. The molecule has 18 heavy (non-hydrogen) atoms. The molecule has 0 bridgehead atoms. The fourth-order valence-corrected chi connectivity index (χ4v) is 2.11. The molecule has 0 fully saturated rings. The van der Waals surface area contributed by atoms with Crippen molar-refractivity contribution in [1.29, 1.82) is 0 Å². The molecule has 0 amide bonds. The van der Waals surface area contributed by atoms with E-state index in [1.807, 2.05) is 30.3 Å². The molecule has 3 heterocycles. The number of rotatable bonds is 1. The number of ether oxygens (including phenoxy) is 2. The van der Waals surface area contributed by atoms with Gasteiger partial charge in [-0.1, -0.05) is 0 Å². The summed E-state index contributed by atoms with van der Waals surface area (Å²) in [5.74, 6) is 1.55. The normalized spacial score (nSPS) is 13.1. The van der Waals surface area contributed by atoms with Crippen LogP contribution in [0.4, 0.5) is 0 Å². The number of nitrogens with zero attached hydrogens (tertiary/aromatic N) is 3. The Labute approximate surface area is 103 Å². The smallest absolute Gasteiger partial charge is 0.231 e. The van der Waals surface area contributed by atoms with Gasteiger partial charge in [0.25, 0.3) is 0 Å². The summed E-state index contributed by atoms with van der Waals surface area (Å²) in [4.78, 5) is 4.24. The molecule has 5 nitrogen and oxygen atoms in total. The highest BCUT2D eigenvalue weighted by molar-refractivity contribution is 5.66. The molecule has 3 aromatic rings. The first kappa shape index (κ1) is 9.47. The maximum atomic E-state index is 5.39. The van der Waals surface area contributed by atoms with Gasteiger partial charge in [-0.25, -0.2) is 9.50 Å². The number of benzene rings is 1. The first-order valence-corrected chi connectivity index (χ1v) is 5.60. The van der Waals surface area contributed by atoms with Gasteiger partial charge >= 0.3 is 0 Å². The Balaban J connectivity index is 1.94. The first-order chi connectivity index (χ1) is 8.92. The van der Waals surface area contributed by atoms with Gasteiger partial charge < -0.3 is 9.47 Å². The average Bonchev–Trinajstić information content (AvgIpc) is 3.05. The van der Waals surface area contributed by atoms with Crippen molar-refractivity contribution >= 4 is 5.65 Å². The van der Waals surface area contributed by atoms with Gasteiger partial charge in [-0.05, 0) is 24.3 Å². The third kappa shape index (κ3) is 1.27. The van der Waals surface area contributed by atoms with Crippen LogP contribution >= 0.6 is 0 Å². The van der Waals surface area contributed by atoms with Gasteiger partial charge in [0.1, 0.15) is 0 Å². The zero-order chi connectivity index (χ0) is 11.9. The quantitative estimate of drug-likeness (QED) is 0.652. The fraction of sp³-hybridized carbons (Fsp3) is 0.0769. The molecule has 1 aromatic carbocycles. The summed E-state index contributed by atoms with van der Waals surface area (Å²) >= 11 is 0. The van der Waals surface area contributed by atoms with Gasteiger partial charge in [-0.3, -0.25) is 0 Å². The molecule has 0 spiro atoms. The van der Waals surface area contributed by atoms with Gasteiger partial charge in [0.2, 0.25) is 6.79 Å². The molecule has 5 heteroatoms. The molecule has 0 saturated carbocycles. The molecule has 0 radical (unpaired) electrons. The Morgan fingerprint density at radius 3 is 2.94 bits per heavy atom. The van der Waals surface area contributed by atoms with E-state index in [0.29, 0.717) is 0 Å². The standard InChI is InChI=1S/C13H9N3O2/c1-2-11-12(18-8-17-11)7-9(1)10-3-5-14-13-4-6-15-16(10)13/h1-7H,8H2. The minimum atomic E-state index is 0.284. The minimum absolute atomic E-state index is 0.284. The van der Waals surface area contributed by atoms with E-state index >= 15 is 0 Å². The van der Waals surface area contributed by atoms with Crippen LogP contribution in [-0.2, 0) is 0 Å². The van der Waals surface area contributed by atoms with E-state index < -0.39 is 0 Å². The number of hydrogen-bond donors (Lipinski definition) is 0. The van der Waals surface area contributed by atoms with Crippen molar-refractivity contribution < 1.29 is 9.47 Å². The highest BCUT2D eigenvalue weighted by atomic mass is 16.7. The van der Waals surface area contributed by atoms with Crippen molar-refractivity contribution in [2.45, 2.75) is 0 Å². The Hall–Kier alpha value is -2.56. The third-order valence-electron chi connectivity index (χ3n) is 2.96. The highest BCUT2D eigenvalue weighted by Gasteiger charge is 2.15. The molecule has 0 saturated heterocycles. The van der Waals surface area contributed by atoms with E-state index in [4.69, 9.17) is 9.47 Å². The number of hydrogen-bond acceptors (Lipinski definition) is 4. The lowest BCUT2D eigenvalue weighted by atomic mass is 10.1. The van der Waals surface area contributed by atoms with Crippen molar-refractivity contribution in [3.8, 4) is 22.8 Å². The molecule has 0 aliphatic carbocycles. The Kier molecular flexibility index (Phi) is 1.82. The molecule has 0 N–H and O–H groups in total. The Morgan fingerprint density at radius 2 is 1.94 bits per heavy atom. The summed E-state index contributed by atoms with van der Waals surface area (Å²) in [7, 11) is 0. The molecular weight excluding hydrogens is 230 g/mol. The second-order valence-electron chi connectivity index (χ2n) is 4.00. The largest absolute Gasteiger partial charge is 0.454 e. The van der Waals surface area contributed by atoms with E-state index in [1.54, 1.807) is 16.9 Å². The molecule has 0 atom stereocenters. The zero-order valence-electron chi connectivity index (χ0n) is 9.41. The van der Waals surface area contributed by atoms with Gasteiger partial charge in [0.15, 0.2) is 17.1 Å². The number of fused-ring (bicyclic) bond motifs is 2. The predicted octanol–water partition coefficient (Wildman–Crippen LogP) is 2.12. The van der Waals surface area contributed by atoms with Crippen LogP contribution in [0.1, 0.15) is 0 Å². The monoisotopic (exact) mass is 239 g/mol. The minimum Gasteiger partial charge on any atom is -0.454 e. The molecule has 4 rings (SSSR count). The highest BCUT2D eigenvalue weighted by Crippen LogP contribution is 2.35. The third-order valence-corrected chi connectivity index (χ3v) is 2.96. The topological polar surface area (TPSA) is 48.7 Å². The van der Waals surface area contributed by atoms with E-state index in [2.05, 4.69) is 10.1 Å². The van der Waals surface area contributed by atoms with Crippen molar-refractivity contribution in [2.24, 2.45) is 0 Å². The summed E-state index contributed by atoms with van der Waals surface area (Å²) in [6.45, 7) is 0.284. The van der Waals surface area contributed by atoms with Gasteiger partial charge in [-0.15, -0.1) is 0 Å². The molecular formula is C13H9N3O2. The summed E-state index contributed by atoms with van der Waals surface area (Å²) in [6, 6.07) is 9.66. The van der Waals surface area contributed by atoms with Crippen LogP contribution in [-0.4, -0.2) is 21.4 Å². The second kappa shape index (κ2) is 3.46. The van der Waals surface area contributed by atoms with E-state index in [9.17, 15) is 0 Å². The van der Waals surface area contributed by atoms with Crippen LogP contribution in [0, 0.1) is 0 Å². The van der Waals surface area contributed by atoms with E-state index in [-0.39, 0.29) is 6.79 Å². The SMILES string of the molecule is c1cc(-c2ccc3c(c2)OCO3)n2nccc2n1. The van der Waals surface area contributed by atoms with Crippen molar-refractivity contribution in [2.75, 3.05) is 6.79 Å². The van der Waals surface area contributed by atoms with Crippen LogP contribution in [0.5, 0.6) is 11.5 Å². The summed E-state index contributed by atoms with van der Waals surface area (Å²) in [5.41, 5.74) is 2.82. The predicted molar refractivity (Wildman–Crippen MR) is 64.5 cm³/mol. The average molecular weight is 239 g/mol. The molecule has 1 aliphatic rings. The maximum Gasteiger partial charge on any atom is 0.231 e. The fourth-order valence-electron chi connectivity index (χ4n) is 2.11. The van der Waals surface area contributed by atoms with E-state index in [0.717, 1.165) is 28.4 Å². The second-order valence-corrected chi connectivity index (χ2v) is 4.00. The van der Waals surface area contributed by atoms with Gasteiger partial charge in [-0.2, -0.15) is 5.10 Å². The summed E-state index contributed by atoms with van der Waals surface area (Å²) < 4.78 is 12.5. The van der Waals surface area contributed by atoms with Gasteiger partial charge in [0, 0.05) is 17.8 Å². The van der Waals surface area contributed by atoms with Crippen molar-refractivity contribution in [3.63, 3.8) is 0 Å². The summed E-state index contributed by atoms with van der Waals surface area (Å²) in [5, 5.41) is 4.27. The molecule has 2 aromatic heterocycles. The maximum absolute atomic E-state index is 5.39. The van der Waals surface area contributed by atoms with Gasteiger partial charge in [0.05, 0.1) is 11.9 Å². The van der Waals surface area contributed by atoms with Crippen molar-refractivity contribution in [3.05, 3.63) is 42.7 Å². The van der Waals surface area contributed by atoms with Crippen molar-refractivity contribution in [1.82, 2.24) is 14.6 Å². The molecule has 88 valence electrons. The lowest BCUT2D eigenvalue weighted by molar-refractivity contribution is 0.174. The molecule has 1 aliphatic heterocycles. The lowest BCUT2D eigenvalue weighted by Crippen LogP contribution is -1.95. The van der Waals surface area contributed by atoms with Crippen LogP contribution in [0.15, 0.2) is 42.7 Å². The van der Waals surface area contributed by atoms with Crippen LogP contribution in [0.2, 0.25) is 0 Å². The van der Waals surface area contributed by atoms with Crippen LogP contribution < -0.4 is 9.47 Å². The Bertz CT molecular complexity index is 736. The lowest BCUT2D eigenvalue weighted by Gasteiger charge is -2.05. The van der Waals surface area contributed by atoms with Crippen LogP contribution in [0.3, 0.4) is 0 Å². The van der Waals surface area contributed by atoms with Crippen LogP contribution in [0.25, 0.3) is 16.9 Å². The zero-order valence-corrected chi connectivity index (χ0v) is 9.41. The Morgan fingerprint density at radius 1 is 1.00 bits per heavy atom.